The first kappa shape index (κ1) is 19.5. The quantitative estimate of drug-likeness (QED) is 0.716. The minimum absolute atomic E-state index is 0.317. The zero-order valence-corrected chi connectivity index (χ0v) is 16.1. The fourth-order valence-electron chi connectivity index (χ4n) is 2.02. The summed E-state index contributed by atoms with van der Waals surface area (Å²) in [6.07, 6.45) is 0.445. The number of hydrogen-bond acceptors (Lipinski definition) is 6. The lowest BCUT2D eigenvalue weighted by molar-refractivity contribution is -0.129. The molecule has 2 aromatic rings. The van der Waals surface area contributed by atoms with Gasteiger partial charge in [0.05, 0.1) is 12.2 Å². The average molecular weight is 402 g/mol. The zero-order chi connectivity index (χ0) is 18.6. The number of aromatic nitrogens is 1. The summed E-state index contributed by atoms with van der Waals surface area (Å²) in [6.45, 7) is 3.29. The number of halogens is 2. The van der Waals surface area contributed by atoms with Crippen molar-refractivity contribution in [1.82, 2.24) is 10.3 Å². The van der Waals surface area contributed by atoms with Crippen LogP contribution in [0.5, 0.6) is 0 Å². The molecule has 0 radical (unpaired) electrons. The molecule has 1 aromatic heterocycles. The summed E-state index contributed by atoms with van der Waals surface area (Å²) in [4.78, 5) is 28.6. The summed E-state index contributed by atoms with van der Waals surface area (Å²) in [5.74, 6) is -1.02. The third-order valence-corrected chi connectivity index (χ3v) is 4.92. The number of nitrogens with zero attached hydrogens (tertiary/aromatic N) is 1. The van der Waals surface area contributed by atoms with Crippen molar-refractivity contribution >= 4 is 51.5 Å². The fourth-order valence-corrected chi connectivity index (χ4v) is 3.24. The Balaban J connectivity index is 1.96. The summed E-state index contributed by atoms with van der Waals surface area (Å²) in [6, 6.07) is 4.67. The van der Waals surface area contributed by atoms with Gasteiger partial charge in [-0.15, -0.1) is 0 Å². The maximum Gasteiger partial charge on any atom is 0.350 e. The molecule has 134 valence electrons. The predicted molar refractivity (Wildman–Crippen MR) is 99.6 cm³/mol. The normalized spacial score (nSPS) is 13.0. The lowest BCUT2D eigenvalue weighted by Crippen LogP contribution is -2.37. The SMILES string of the molecule is CNc1ncc(C(=O)O[C@@H](C)C(=O)N[C@H](C)c2ccc(Cl)cc2Cl)s1. The Bertz CT molecular complexity index is 782. The molecule has 0 aliphatic heterocycles. The summed E-state index contributed by atoms with van der Waals surface area (Å²) in [7, 11) is 1.70. The van der Waals surface area contributed by atoms with Crippen molar-refractivity contribution < 1.29 is 14.3 Å². The number of ether oxygens (including phenoxy) is 1. The van der Waals surface area contributed by atoms with Crippen LogP contribution in [0.4, 0.5) is 5.13 Å². The van der Waals surface area contributed by atoms with Gasteiger partial charge in [0.15, 0.2) is 11.2 Å². The van der Waals surface area contributed by atoms with Gasteiger partial charge >= 0.3 is 5.97 Å². The number of esters is 1. The van der Waals surface area contributed by atoms with Crippen molar-refractivity contribution in [1.29, 1.82) is 0 Å². The molecule has 1 amide bonds. The van der Waals surface area contributed by atoms with Crippen LogP contribution in [0.15, 0.2) is 24.4 Å². The van der Waals surface area contributed by atoms with Crippen molar-refractivity contribution in [2.75, 3.05) is 12.4 Å². The van der Waals surface area contributed by atoms with Gasteiger partial charge in [-0.25, -0.2) is 9.78 Å². The lowest BCUT2D eigenvalue weighted by atomic mass is 10.1. The molecule has 0 saturated heterocycles. The minimum atomic E-state index is -0.957. The van der Waals surface area contributed by atoms with Gasteiger partial charge in [-0.1, -0.05) is 40.6 Å². The van der Waals surface area contributed by atoms with Gasteiger partial charge in [0.2, 0.25) is 0 Å². The number of rotatable bonds is 6. The molecule has 0 spiro atoms. The van der Waals surface area contributed by atoms with E-state index in [2.05, 4.69) is 15.6 Å². The Morgan fingerprint density at radius 1 is 1.28 bits per heavy atom. The Morgan fingerprint density at radius 3 is 2.60 bits per heavy atom. The smallest absolute Gasteiger partial charge is 0.350 e. The van der Waals surface area contributed by atoms with Crippen LogP contribution >= 0.6 is 34.5 Å². The average Bonchev–Trinajstić information content (AvgIpc) is 3.03. The Kier molecular flexibility index (Phi) is 6.64. The Morgan fingerprint density at radius 2 is 2.00 bits per heavy atom. The number of benzene rings is 1. The number of carbonyl (C=O) groups is 2. The highest BCUT2D eigenvalue weighted by atomic mass is 35.5. The number of thiazole rings is 1. The van der Waals surface area contributed by atoms with E-state index in [0.29, 0.717) is 20.1 Å². The molecule has 6 nitrogen and oxygen atoms in total. The van der Waals surface area contributed by atoms with Crippen LogP contribution in [0.1, 0.15) is 35.1 Å². The monoisotopic (exact) mass is 401 g/mol. The van der Waals surface area contributed by atoms with E-state index in [-0.39, 0.29) is 6.04 Å². The zero-order valence-electron chi connectivity index (χ0n) is 13.8. The number of nitrogens with one attached hydrogen (secondary N) is 2. The Labute approximate surface area is 159 Å². The number of anilines is 1. The number of carbonyl (C=O) groups excluding carboxylic acids is 2. The predicted octanol–water partition coefficient (Wildman–Crippen LogP) is 3.91. The summed E-state index contributed by atoms with van der Waals surface area (Å²) in [5, 5.41) is 7.15. The standard InChI is InChI=1S/C16H17Cl2N3O3S/c1-8(11-5-4-10(17)6-12(11)18)21-14(22)9(2)24-15(23)13-7-20-16(19-3)25-13/h4-9H,1-3H3,(H,19,20)(H,21,22)/t8-,9+/m1/s1. The van der Waals surface area contributed by atoms with Gasteiger partial charge in [0, 0.05) is 17.1 Å². The van der Waals surface area contributed by atoms with Gasteiger partial charge in [0.25, 0.3) is 5.91 Å². The first-order valence-corrected chi connectivity index (χ1v) is 8.99. The third kappa shape index (κ3) is 5.07. The van der Waals surface area contributed by atoms with Crippen LogP contribution in [-0.2, 0) is 9.53 Å². The van der Waals surface area contributed by atoms with E-state index in [1.54, 1.807) is 32.2 Å². The molecule has 0 aliphatic carbocycles. The van der Waals surface area contributed by atoms with E-state index < -0.39 is 18.0 Å². The highest BCUT2D eigenvalue weighted by molar-refractivity contribution is 7.17. The molecule has 25 heavy (non-hydrogen) atoms. The van der Waals surface area contributed by atoms with E-state index in [1.807, 2.05) is 0 Å². The molecular weight excluding hydrogens is 385 g/mol. The number of hydrogen-bond donors (Lipinski definition) is 2. The van der Waals surface area contributed by atoms with E-state index >= 15 is 0 Å². The van der Waals surface area contributed by atoms with Crippen LogP contribution in [0, 0.1) is 0 Å². The number of amides is 1. The second kappa shape index (κ2) is 8.51. The molecule has 0 unspecified atom stereocenters. The molecule has 0 aliphatic rings. The van der Waals surface area contributed by atoms with Gasteiger partial charge in [0.1, 0.15) is 4.88 Å². The van der Waals surface area contributed by atoms with Crippen LogP contribution in [0.3, 0.4) is 0 Å². The molecular formula is C16H17Cl2N3O3S. The van der Waals surface area contributed by atoms with Crippen LogP contribution in [0.25, 0.3) is 0 Å². The molecule has 0 fully saturated rings. The molecule has 2 N–H and O–H groups in total. The highest BCUT2D eigenvalue weighted by Gasteiger charge is 2.22. The molecule has 2 rings (SSSR count). The highest BCUT2D eigenvalue weighted by Crippen LogP contribution is 2.26. The largest absolute Gasteiger partial charge is 0.448 e. The molecule has 1 aromatic carbocycles. The minimum Gasteiger partial charge on any atom is -0.448 e. The van der Waals surface area contributed by atoms with Crippen LogP contribution < -0.4 is 10.6 Å². The van der Waals surface area contributed by atoms with E-state index in [0.717, 1.165) is 16.9 Å². The van der Waals surface area contributed by atoms with E-state index in [4.69, 9.17) is 27.9 Å². The molecule has 9 heteroatoms. The van der Waals surface area contributed by atoms with Gasteiger partial charge in [-0.2, -0.15) is 0 Å². The topological polar surface area (TPSA) is 80.3 Å². The van der Waals surface area contributed by atoms with Crippen molar-refractivity contribution in [3.63, 3.8) is 0 Å². The van der Waals surface area contributed by atoms with Crippen molar-refractivity contribution in [2.24, 2.45) is 0 Å². The molecule has 2 atom stereocenters. The second-order valence-electron chi connectivity index (χ2n) is 5.22. The van der Waals surface area contributed by atoms with E-state index in [9.17, 15) is 9.59 Å². The van der Waals surface area contributed by atoms with Crippen LogP contribution in [-0.4, -0.2) is 30.0 Å². The van der Waals surface area contributed by atoms with Gasteiger partial charge in [-0.3, -0.25) is 4.79 Å². The summed E-state index contributed by atoms with van der Waals surface area (Å²) in [5.41, 5.74) is 0.721. The van der Waals surface area contributed by atoms with Crippen molar-refractivity contribution in [2.45, 2.75) is 26.0 Å². The summed E-state index contributed by atoms with van der Waals surface area (Å²) >= 11 is 13.2. The first-order valence-electron chi connectivity index (χ1n) is 7.41. The van der Waals surface area contributed by atoms with Gasteiger partial charge < -0.3 is 15.4 Å². The Hall–Kier alpha value is -1.83. The van der Waals surface area contributed by atoms with Gasteiger partial charge in [-0.05, 0) is 31.5 Å². The second-order valence-corrected chi connectivity index (χ2v) is 7.10. The molecule has 1 heterocycles. The third-order valence-electron chi connectivity index (χ3n) is 3.36. The maximum atomic E-state index is 12.3. The molecule has 0 saturated carbocycles. The first-order chi connectivity index (χ1) is 11.8. The maximum absolute atomic E-state index is 12.3. The van der Waals surface area contributed by atoms with Crippen LogP contribution in [0.2, 0.25) is 10.0 Å². The van der Waals surface area contributed by atoms with Crippen molar-refractivity contribution in [3.05, 3.63) is 44.9 Å². The molecule has 0 bridgehead atoms. The van der Waals surface area contributed by atoms with Crippen molar-refractivity contribution in [3.8, 4) is 0 Å². The lowest BCUT2D eigenvalue weighted by Gasteiger charge is -2.19. The fraction of sp³-hybridized carbons (Fsp3) is 0.312. The summed E-state index contributed by atoms with van der Waals surface area (Å²) < 4.78 is 5.18. The van der Waals surface area contributed by atoms with E-state index in [1.165, 1.54) is 13.1 Å².